The highest BCUT2D eigenvalue weighted by atomic mass is 35.5. The number of hydrogen-bond acceptors (Lipinski definition) is 4. The topological polar surface area (TPSA) is 86.8 Å². The lowest BCUT2D eigenvalue weighted by Crippen LogP contribution is -2.51. The third kappa shape index (κ3) is 7.74. The molecule has 186 valence electrons. The van der Waals surface area contributed by atoms with E-state index in [1.165, 1.54) is 11.0 Å². The lowest BCUT2D eigenvalue weighted by molar-refractivity contribution is -0.139. The second-order valence-corrected chi connectivity index (χ2v) is 10.9. The van der Waals surface area contributed by atoms with Crippen molar-refractivity contribution >= 4 is 39.1 Å². The molecule has 0 fully saturated rings. The third-order valence-corrected chi connectivity index (χ3v) is 6.95. The zero-order chi connectivity index (χ0) is 25.5. The smallest absolute Gasteiger partial charge is 0.244 e. The van der Waals surface area contributed by atoms with E-state index in [4.69, 9.17) is 11.6 Å². The van der Waals surface area contributed by atoms with Crippen LogP contribution in [0.2, 0.25) is 5.02 Å². The maximum absolute atomic E-state index is 13.5. The van der Waals surface area contributed by atoms with Gasteiger partial charge in [0.2, 0.25) is 21.8 Å². The number of rotatable bonds is 11. The number of benzene rings is 2. The summed E-state index contributed by atoms with van der Waals surface area (Å²) in [6.45, 7) is 7.65. The van der Waals surface area contributed by atoms with Gasteiger partial charge in [-0.25, -0.2) is 8.42 Å². The molecule has 0 aliphatic carbocycles. The fraction of sp³-hybridized carbons (Fsp3) is 0.440. The Bertz CT molecular complexity index is 1100. The number of carbonyl (C=O) groups is 2. The van der Waals surface area contributed by atoms with Crippen LogP contribution in [-0.4, -0.2) is 50.5 Å². The monoisotopic (exact) mass is 507 g/mol. The van der Waals surface area contributed by atoms with E-state index in [0.717, 1.165) is 34.5 Å². The minimum Gasteiger partial charge on any atom is -0.354 e. The molecule has 7 nitrogen and oxygen atoms in total. The number of carbonyl (C=O) groups excluding carboxylic acids is 2. The molecule has 0 saturated carbocycles. The minimum absolute atomic E-state index is 0.174. The Balaban J connectivity index is 2.38. The predicted octanol–water partition coefficient (Wildman–Crippen LogP) is 4.06. The maximum Gasteiger partial charge on any atom is 0.244 e. The molecule has 0 radical (unpaired) electrons. The molecule has 0 bridgehead atoms. The van der Waals surface area contributed by atoms with Crippen molar-refractivity contribution in [2.45, 2.75) is 53.1 Å². The van der Waals surface area contributed by atoms with Crippen molar-refractivity contribution in [1.82, 2.24) is 10.2 Å². The maximum atomic E-state index is 13.5. The summed E-state index contributed by atoms with van der Waals surface area (Å²) in [6, 6.07) is 11.8. The molecule has 1 atom stereocenters. The molecule has 34 heavy (non-hydrogen) atoms. The van der Waals surface area contributed by atoms with Crippen LogP contribution in [0.3, 0.4) is 0 Å². The summed E-state index contributed by atoms with van der Waals surface area (Å²) < 4.78 is 26.4. The van der Waals surface area contributed by atoms with Crippen LogP contribution in [0.4, 0.5) is 5.69 Å². The molecule has 0 aliphatic rings. The van der Waals surface area contributed by atoms with Gasteiger partial charge < -0.3 is 10.2 Å². The van der Waals surface area contributed by atoms with E-state index >= 15 is 0 Å². The van der Waals surface area contributed by atoms with Crippen molar-refractivity contribution in [2.24, 2.45) is 0 Å². The van der Waals surface area contributed by atoms with Gasteiger partial charge in [0.15, 0.2) is 0 Å². The van der Waals surface area contributed by atoms with Gasteiger partial charge in [-0.3, -0.25) is 13.9 Å². The van der Waals surface area contributed by atoms with E-state index < -0.39 is 28.5 Å². The van der Waals surface area contributed by atoms with E-state index in [-0.39, 0.29) is 12.5 Å². The molecule has 2 aromatic carbocycles. The lowest BCUT2D eigenvalue weighted by atomic mass is 10.1. The second kappa shape index (κ2) is 12.2. The quantitative estimate of drug-likeness (QED) is 0.465. The van der Waals surface area contributed by atoms with Crippen molar-refractivity contribution in [3.63, 3.8) is 0 Å². The highest BCUT2D eigenvalue weighted by molar-refractivity contribution is 7.92. The minimum atomic E-state index is -3.80. The van der Waals surface area contributed by atoms with Crippen LogP contribution < -0.4 is 9.62 Å². The first kappa shape index (κ1) is 27.7. The normalized spacial score (nSPS) is 12.2. The molecule has 0 heterocycles. The summed E-state index contributed by atoms with van der Waals surface area (Å²) >= 11 is 6.11. The van der Waals surface area contributed by atoms with Crippen LogP contribution in [0.1, 0.15) is 43.4 Å². The van der Waals surface area contributed by atoms with E-state index in [0.29, 0.717) is 22.8 Å². The zero-order valence-corrected chi connectivity index (χ0v) is 22.0. The van der Waals surface area contributed by atoms with Crippen molar-refractivity contribution in [1.29, 1.82) is 0 Å². The number of sulfonamides is 1. The van der Waals surface area contributed by atoms with Gasteiger partial charge >= 0.3 is 0 Å². The van der Waals surface area contributed by atoms with Crippen LogP contribution in [0.25, 0.3) is 0 Å². The van der Waals surface area contributed by atoms with Crippen molar-refractivity contribution in [3.05, 3.63) is 64.2 Å². The standard InChI is InChI=1S/C25H34ClN3O4S/c1-6-7-14-27-25(31)20(4)28(16-21-11-8-18(2)9-12-21)24(30)17-29(34(5,32)33)23-15-22(26)13-10-19(23)3/h8-13,15,20H,6-7,14,16-17H2,1-5H3,(H,27,31)/t20-/m1/s1. The van der Waals surface area contributed by atoms with Gasteiger partial charge in [-0.05, 0) is 50.5 Å². The van der Waals surface area contributed by atoms with E-state index in [1.807, 2.05) is 38.1 Å². The number of nitrogens with zero attached hydrogens (tertiary/aromatic N) is 2. The number of unbranched alkanes of at least 4 members (excludes halogenated alkanes) is 1. The van der Waals surface area contributed by atoms with Crippen LogP contribution in [0.15, 0.2) is 42.5 Å². The highest BCUT2D eigenvalue weighted by Crippen LogP contribution is 2.26. The van der Waals surface area contributed by atoms with Gasteiger partial charge in [0, 0.05) is 18.1 Å². The van der Waals surface area contributed by atoms with Gasteiger partial charge in [0.25, 0.3) is 0 Å². The van der Waals surface area contributed by atoms with Crippen LogP contribution in [0.5, 0.6) is 0 Å². The Hall–Kier alpha value is -2.58. The Kier molecular flexibility index (Phi) is 9.94. The number of aryl methyl sites for hydroxylation is 2. The summed E-state index contributed by atoms with van der Waals surface area (Å²) in [4.78, 5) is 27.7. The number of amides is 2. The first-order chi connectivity index (χ1) is 15.9. The Morgan fingerprint density at radius 3 is 2.32 bits per heavy atom. The summed E-state index contributed by atoms with van der Waals surface area (Å²) in [5.74, 6) is -0.762. The summed E-state index contributed by atoms with van der Waals surface area (Å²) in [5.41, 5.74) is 2.92. The van der Waals surface area contributed by atoms with Gasteiger partial charge in [-0.15, -0.1) is 0 Å². The number of halogens is 1. The molecular formula is C25H34ClN3O4S. The van der Waals surface area contributed by atoms with Crippen molar-refractivity contribution in [3.8, 4) is 0 Å². The number of nitrogens with one attached hydrogen (secondary N) is 1. The SMILES string of the molecule is CCCCNC(=O)[C@@H](C)N(Cc1ccc(C)cc1)C(=O)CN(c1cc(Cl)ccc1C)S(C)(=O)=O. The van der Waals surface area contributed by atoms with Gasteiger partial charge in [0.05, 0.1) is 11.9 Å². The van der Waals surface area contributed by atoms with Gasteiger partial charge in [-0.2, -0.15) is 0 Å². The van der Waals surface area contributed by atoms with Crippen LogP contribution in [0, 0.1) is 13.8 Å². The zero-order valence-electron chi connectivity index (χ0n) is 20.5. The average molecular weight is 508 g/mol. The molecule has 9 heteroatoms. The first-order valence-corrected chi connectivity index (χ1v) is 13.5. The Labute approximate surface area is 208 Å². The van der Waals surface area contributed by atoms with Crippen LogP contribution in [-0.2, 0) is 26.2 Å². The lowest BCUT2D eigenvalue weighted by Gasteiger charge is -2.32. The first-order valence-electron chi connectivity index (χ1n) is 11.3. The summed E-state index contributed by atoms with van der Waals surface area (Å²) in [5, 5.41) is 3.23. The Morgan fingerprint density at radius 2 is 1.74 bits per heavy atom. The molecule has 0 unspecified atom stereocenters. The van der Waals surface area contributed by atoms with E-state index in [9.17, 15) is 18.0 Å². The highest BCUT2D eigenvalue weighted by Gasteiger charge is 2.30. The average Bonchev–Trinajstić information content (AvgIpc) is 2.77. The number of anilines is 1. The predicted molar refractivity (Wildman–Crippen MR) is 137 cm³/mol. The van der Waals surface area contributed by atoms with Crippen molar-refractivity contribution in [2.75, 3.05) is 23.7 Å². The molecule has 2 rings (SSSR count). The summed E-state index contributed by atoms with van der Waals surface area (Å²) in [6.07, 6.45) is 2.81. The molecule has 0 aliphatic heterocycles. The largest absolute Gasteiger partial charge is 0.354 e. The second-order valence-electron chi connectivity index (χ2n) is 8.53. The molecule has 0 saturated heterocycles. The number of hydrogen-bond donors (Lipinski definition) is 1. The van der Waals surface area contributed by atoms with E-state index in [2.05, 4.69) is 5.32 Å². The molecule has 0 spiro atoms. The molecule has 0 aromatic heterocycles. The molecule has 1 N–H and O–H groups in total. The summed E-state index contributed by atoms with van der Waals surface area (Å²) in [7, 11) is -3.80. The fourth-order valence-electron chi connectivity index (χ4n) is 3.45. The van der Waals surface area contributed by atoms with Crippen molar-refractivity contribution < 1.29 is 18.0 Å². The molecular weight excluding hydrogens is 474 g/mol. The van der Waals surface area contributed by atoms with Crippen LogP contribution >= 0.6 is 11.6 Å². The van der Waals surface area contributed by atoms with Gasteiger partial charge in [-0.1, -0.05) is 60.8 Å². The fourth-order valence-corrected chi connectivity index (χ4v) is 4.52. The molecule has 2 amide bonds. The molecule has 2 aromatic rings. The van der Waals surface area contributed by atoms with Gasteiger partial charge in [0.1, 0.15) is 12.6 Å². The Morgan fingerprint density at radius 1 is 1.09 bits per heavy atom. The third-order valence-electron chi connectivity index (χ3n) is 5.59. The van der Waals surface area contributed by atoms with E-state index in [1.54, 1.807) is 26.0 Å².